The van der Waals surface area contributed by atoms with Gasteiger partial charge in [-0.2, -0.15) is 5.26 Å². The molecule has 0 saturated heterocycles. The van der Waals surface area contributed by atoms with E-state index in [1.807, 2.05) is 18.2 Å². The van der Waals surface area contributed by atoms with E-state index in [1.165, 1.54) is 12.1 Å². The Hall–Kier alpha value is -3.39. The Morgan fingerprint density at radius 1 is 1.08 bits per heavy atom. The summed E-state index contributed by atoms with van der Waals surface area (Å²) in [5, 5.41) is 9.29. The lowest BCUT2D eigenvalue weighted by Crippen LogP contribution is -2.12. The predicted molar refractivity (Wildman–Crippen MR) is 89.2 cm³/mol. The van der Waals surface area contributed by atoms with Gasteiger partial charge in [-0.25, -0.2) is 4.39 Å². The maximum atomic E-state index is 13.1. The molecule has 0 aliphatic rings. The summed E-state index contributed by atoms with van der Waals surface area (Å²) >= 11 is 0. The lowest BCUT2D eigenvalue weighted by molar-refractivity contribution is 0.415. The molecule has 0 saturated carbocycles. The minimum absolute atomic E-state index is 0.00625. The van der Waals surface area contributed by atoms with Crippen molar-refractivity contribution in [3.63, 3.8) is 0 Å². The molecule has 0 spiro atoms. The number of pyridine rings is 1. The zero-order valence-corrected chi connectivity index (χ0v) is 12.8. The van der Waals surface area contributed by atoms with Gasteiger partial charge in [0.1, 0.15) is 23.2 Å². The van der Waals surface area contributed by atoms with Crippen LogP contribution in [0.1, 0.15) is 5.56 Å². The zero-order chi connectivity index (χ0) is 17.1. The normalized spacial score (nSPS) is 10.2. The lowest BCUT2D eigenvalue weighted by atomic mass is 9.99. The maximum absolute atomic E-state index is 13.1. The van der Waals surface area contributed by atoms with Crippen LogP contribution in [0.15, 0.2) is 59.4 Å². The minimum Gasteiger partial charge on any atom is -0.497 e. The van der Waals surface area contributed by atoms with Crippen molar-refractivity contribution in [1.82, 2.24) is 4.98 Å². The van der Waals surface area contributed by atoms with Crippen molar-refractivity contribution in [2.45, 2.75) is 0 Å². The number of aromatic amines is 1. The Morgan fingerprint density at radius 2 is 1.83 bits per heavy atom. The molecule has 0 amide bonds. The minimum atomic E-state index is -0.489. The van der Waals surface area contributed by atoms with Crippen molar-refractivity contribution in [3.05, 3.63) is 76.3 Å². The molecule has 0 fully saturated rings. The predicted octanol–water partition coefficient (Wildman–Crippen LogP) is 3.73. The van der Waals surface area contributed by atoms with Gasteiger partial charge < -0.3 is 9.72 Å². The van der Waals surface area contributed by atoms with Crippen molar-refractivity contribution < 1.29 is 9.13 Å². The van der Waals surface area contributed by atoms with E-state index in [2.05, 4.69) is 4.98 Å². The molecule has 3 rings (SSSR count). The van der Waals surface area contributed by atoms with E-state index in [4.69, 9.17) is 4.74 Å². The molecule has 0 radical (unpaired) electrons. The molecule has 0 bridgehead atoms. The molecule has 24 heavy (non-hydrogen) atoms. The number of nitriles is 1. The number of nitrogens with zero attached hydrogens (tertiary/aromatic N) is 1. The fourth-order valence-electron chi connectivity index (χ4n) is 2.47. The van der Waals surface area contributed by atoms with Crippen LogP contribution >= 0.6 is 0 Å². The van der Waals surface area contributed by atoms with E-state index in [0.29, 0.717) is 22.6 Å². The van der Waals surface area contributed by atoms with Crippen molar-refractivity contribution >= 4 is 0 Å². The molecule has 1 aromatic heterocycles. The molecule has 2 aromatic carbocycles. The van der Waals surface area contributed by atoms with E-state index >= 15 is 0 Å². The van der Waals surface area contributed by atoms with Crippen LogP contribution in [0, 0.1) is 17.1 Å². The second-order valence-corrected chi connectivity index (χ2v) is 5.15. The van der Waals surface area contributed by atoms with E-state index in [9.17, 15) is 14.4 Å². The summed E-state index contributed by atoms with van der Waals surface area (Å²) in [5.74, 6) is 0.274. The summed E-state index contributed by atoms with van der Waals surface area (Å²) in [6.45, 7) is 0. The van der Waals surface area contributed by atoms with Crippen molar-refractivity contribution in [3.8, 4) is 34.2 Å². The molecule has 1 N–H and O–H groups in total. The topological polar surface area (TPSA) is 65.9 Å². The number of halogens is 1. The summed E-state index contributed by atoms with van der Waals surface area (Å²) in [7, 11) is 1.56. The molecular formula is C19H13FN2O2. The fraction of sp³-hybridized carbons (Fsp3) is 0.0526. The second kappa shape index (κ2) is 6.39. The van der Waals surface area contributed by atoms with Gasteiger partial charge in [0.25, 0.3) is 5.56 Å². The third-order valence-corrected chi connectivity index (χ3v) is 3.68. The van der Waals surface area contributed by atoms with Gasteiger partial charge in [0.05, 0.1) is 7.11 Å². The first-order chi connectivity index (χ1) is 11.6. The summed E-state index contributed by atoms with van der Waals surface area (Å²) in [4.78, 5) is 15.0. The van der Waals surface area contributed by atoms with Crippen LogP contribution in [0.4, 0.5) is 4.39 Å². The standard InChI is InChI=1S/C19H13FN2O2/c1-24-15-4-2-3-13(9-15)18-10-16(17(11-21)19(23)22-18)12-5-7-14(20)8-6-12/h2-10H,1H3,(H,22,23). The van der Waals surface area contributed by atoms with Crippen LogP contribution in [0.2, 0.25) is 0 Å². The molecule has 0 unspecified atom stereocenters. The number of benzene rings is 2. The van der Waals surface area contributed by atoms with Crippen molar-refractivity contribution in [1.29, 1.82) is 5.26 Å². The van der Waals surface area contributed by atoms with Gasteiger partial charge in [-0.1, -0.05) is 24.3 Å². The zero-order valence-electron chi connectivity index (χ0n) is 12.8. The second-order valence-electron chi connectivity index (χ2n) is 5.15. The molecule has 3 aromatic rings. The number of H-pyrrole nitrogens is 1. The highest BCUT2D eigenvalue weighted by Crippen LogP contribution is 2.27. The Kier molecular flexibility index (Phi) is 4.13. The first-order valence-corrected chi connectivity index (χ1v) is 7.20. The highest BCUT2D eigenvalue weighted by atomic mass is 19.1. The van der Waals surface area contributed by atoms with Crippen LogP contribution in [-0.4, -0.2) is 12.1 Å². The molecule has 0 atom stereocenters. The van der Waals surface area contributed by atoms with Gasteiger partial charge >= 0.3 is 0 Å². The smallest absolute Gasteiger partial charge is 0.266 e. The quantitative estimate of drug-likeness (QED) is 0.799. The molecular weight excluding hydrogens is 307 g/mol. The van der Waals surface area contributed by atoms with E-state index in [0.717, 1.165) is 5.56 Å². The van der Waals surface area contributed by atoms with E-state index in [-0.39, 0.29) is 11.4 Å². The Morgan fingerprint density at radius 3 is 2.50 bits per heavy atom. The largest absolute Gasteiger partial charge is 0.497 e. The van der Waals surface area contributed by atoms with Gasteiger partial charge in [0.2, 0.25) is 0 Å². The Balaban J connectivity index is 2.22. The molecule has 0 aliphatic heterocycles. The maximum Gasteiger partial charge on any atom is 0.266 e. The van der Waals surface area contributed by atoms with Crippen LogP contribution in [0.5, 0.6) is 5.75 Å². The average molecular weight is 320 g/mol. The number of rotatable bonds is 3. The van der Waals surface area contributed by atoms with E-state index < -0.39 is 5.56 Å². The monoisotopic (exact) mass is 320 g/mol. The molecule has 5 heteroatoms. The van der Waals surface area contributed by atoms with Crippen molar-refractivity contribution in [2.75, 3.05) is 7.11 Å². The van der Waals surface area contributed by atoms with Gasteiger partial charge in [-0.05, 0) is 35.9 Å². The molecule has 0 aliphatic carbocycles. The van der Waals surface area contributed by atoms with Crippen molar-refractivity contribution in [2.24, 2.45) is 0 Å². The Labute approximate surface area is 137 Å². The summed E-state index contributed by atoms with van der Waals surface area (Å²) in [5.41, 5.74) is 1.86. The van der Waals surface area contributed by atoms with Crippen LogP contribution < -0.4 is 10.3 Å². The van der Waals surface area contributed by atoms with Crippen LogP contribution in [0.3, 0.4) is 0 Å². The number of ether oxygens (including phenoxy) is 1. The number of methoxy groups -OCH3 is 1. The summed E-state index contributed by atoms with van der Waals surface area (Å²) in [6.07, 6.45) is 0. The first kappa shape index (κ1) is 15.5. The van der Waals surface area contributed by atoms with Gasteiger partial charge in [0.15, 0.2) is 0 Å². The third-order valence-electron chi connectivity index (χ3n) is 3.68. The summed E-state index contributed by atoms with van der Waals surface area (Å²) < 4.78 is 18.3. The molecule has 118 valence electrons. The first-order valence-electron chi connectivity index (χ1n) is 7.20. The third kappa shape index (κ3) is 2.90. The fourth-order valence-corrected chi connectivity index (χ4v) is 2.47. The Bertz CT molecular complexity index is 985. The number of nitrogens with one attached hydrogen (secondary N) is 1. The van der Waals surface area contributed by atoms with Crippen LogP contribution in [-0.2, 0) is 0 Å². The highest BCUT2D eigenvalue weighted by Gasteiger charge is 2.13. The van der Waals surface area contributed by atoms with Gasteiger partial charge in [-0.3, -0.25) is 4.79 Å². The SMILES string of the molecule is COc1cccc(-c2cc(-c3ccc(F)cc3)c(C#N)c(=O)[nH]2)c1. The number of hydrogen-bond donors (Lipinski definition) is 1. The number of hydrogen-bond acceptors (Lipinski definition) is 3. The van der Waals surface area contributed by atoms with Crippen LogP contribution in [0.25, 0.3) is 22.4 Å². The molecule has 1 heterocycles. The average Bonchev–Trinajstić information content (AvgIpc) is 2.61. The number of aromatic nitrogens is 1. The molecule has 4 nitrogen and oxygen atoms in total. The van der Waals surface area contributed by atoms with Gasteiger partial charge in [0, 0.05) is 16.8 Å². The van der Waals surface area contributed by atoms with E-state index in [1.54, 1.807) is 37.4 Å². The summed E-state index contributed by atoms with van der Waals surface area (Å²) in [6, 6.07) is 16.5. The van der Waals surface area contributed by atoms with Gasteiger partial charge in [-0.15, -0.1) is 0 Å². The highest BCUT2D eigenvalue weighted by molar-refractivity contribution is 5.75. The lowest BCUT2D eigenvalue weighted by Gasteiger charge is -2.09.